The average molecular weight is 403 g/mol. The van der Waals surface area contributed by atoms with Crippen LogP contribution in [0.3, 0.4) is 0 Å². The molecule has 1 aromatic carbocycles. The van der Waals surface area contributed by atoms with Crippen LogP contribution in [-0.2, 0) is 9.53 Å². The number of aromatic hydroxyl groups is 1. The molecule has 144 valence electrons. The fourth-order valence-electron chi connectivity index (χ4n) is 2.50. The van der Waals surface area contributed by atoms with Gasteiger partial charge in [0.25, 0.3) is 5.91 Å². The van der Waals surface area contributed by atoms with E-state index in [1.807, 2.05) is 0 Å². The monoisotopic (exact) mass is 402 g/mol. The Labute approximate surface area is 163 Å². The molecule has 0 aliphatic heterocycles. The Morgan fingerprint density at radius 2 is 2.07 bits per heavy atom. The summed E-state index contributed by atoms with van der Waals surface area (Å²) in [7, 11) is 1.19. The maximum Gasteiger partial charge on any atom is 0.325 e. The molecule has 1 amide bonds. The van der Waals surface area contributed by atoms with Crippen LogP contribution in [0.1, 0.15) is 16.1 Å². The highest BCUT2D eigenvalue weighted by atomic mass is 35.5. The van der Waals surface area contributed by atoms with Crippen LogP contribution in [0, 0.1) is 5.41 Å². The quantitative estimate of drug-likeness (QED) is 0.363. The van der Waals surface area contributed by atoms with Gasteiger partial charge < -0.3 is 25.9 Å². The number of hydrogen-bond donors (Lipinski definition) is 4. The second kappa shape index (κ2) is 7.92. The van der Waals surface area contributed by atoms with E-state index in [-0.39, 0.29) is 22.6 Å². The molecule has 10 nitrogen and oxygen atoms in total. The van der Waals surface area contributed by atoms with Gasteiger partial charge in [-0.15, -0.1) is 0 Å². The summed E-state index contributed by atoms with van der Waals surface area (Å²) in [5.41, 5.74) is 0.862. The van der Waals surface area contributed by atoms with Crippen molar-refractivity contribution in [3.05, 3.63) is 46.9 Å². The molecular weight excluding hydrogens is 388 g/mol. The smallest absolute Gasteiger partial charge is 0.325 e. The van der Waals surface area contributed by atoms with Crippen molar-refractivity contribution >= 4 is 46.7 Å². The van der Waals surface area contributed by atoms with E-state index in [2.05, 4.69) is 25.5 Å². The van der Waals surface area contributed by atoms with E-state index in [4.69, 9.17) is 17.0 Å². The van der Waals surface area contributed by atoms with Gasteiger partial charge in [-0.3, -0.25) is 9.59 Å². The van der Waals surface area contributed by atoms with Gasteiger partial charge in [-0.1, -0.05) is 11.6 Å². The zero-order valence-corrected chi connectivity index (χ0v) is 15.3. The molecule has 4 N–H and O–H groups in total. The number of anilines is 2. The summed E-state index contributed by atoms with van der Waals surface area (Å²) in [6.45, 7) is -0.393. The highest BCUT2D eigenvalue weighted by Crippen LogP contribution is 2.33. The third kappa shape index (κ3) is 3.58. The number of nitrogens with zero attached hydrogens (tertiary/aromatic N) is 3. The van der Waals surface area contributed by atoms with Crippen LogP contribution in [0.25, 0.3) is 5.65 Å². The Hall–Kier alpha value is -3.66. The van der Waals surface area contributed by atoms with E-state index in [1.165, 1.54) is 13.4 Å². The fraction of sp³-hybridized carbons (Fsp3) is 0.118. The minimum Gasteiger partial charge on any atom is -0.505 e. The molecule has 0 saturated carbocycles. The lowest BCUT2D eigenvalue weighted by atomic mass is 10.1. The number of carbonyl (C=O) groups excluding carboxylic acids is 2. The summed E-state index contributed by atoms with van der Waals surface area (Å²) in [5, 5.41) is 28.2. The molecule has 0 atom stereocenters. The van der Waals surface area contributed by atoms with Gasteiger partial charge in [-0.2, -0.15) is 5.10 Å². The van der Waals surface area contributed by atoms with E-state index in [9.17, 15) is 14.7 Å². The molecule has 0 aliphatic carbocycles. The van der Waals surface area contributed by atoms with Crippen LogP contribution in [0.15, 0.2) is 30.6 Å². The molecule has 0 bridgehead atoms. The van der Waals surface area contributed by atoms with E-state index in [0.717, 1.165) is 10.7 Å². The molecule has 3 aromatic rings. The molecule has 0 unspecified atom stereocenters. The van der Waals surface area contributed by atoms with E-state index in [0.29, 0.717) is 10.7 Å². The molecule has 3 rings (SSSR count). The number of rotatable bonds is 6. The van der Waals surface area contributed by atoms with Crippen molar-refractivity contribution in [1.29, 1.82) is 5.41 Å². The van der Waals surface area contributed by atoms with Gasteiger partial charge in [-0.25, -0.2) is 9.50 Å². The molecule has 0 aliphatic rings. The summed E-state index contributed by atoms with van der Waals surface area (Å²) < 4.78 is 5.59. The third-order valence-electron chi connectivity index (χ3n) is 3.83. The predicted molar refractivity (Wildman–Crippen MR) is 102 cm³/mol. The average Bonchev–Trinajstić information content (AvgIpc) is 3.17. The van der Waals surface area contributed by atoms with Crippen molar-refractivity contribution < 1.29 is 19.4 Å². The van der Waals surface area contributed by atoms with Gasteiger partial charge in [-0.05, 0) is 24.3 Å². The number of aromatic nitrogens is 3. The van der Waals surface area contributed by atoms with Crippen LogP contribution < -0.4 is 10.6 Å². The second-order valence-electron chi connectivity index (χ2n) is 5.52. The van der Waals surface area contributed by atoms with Gasteiger partial charge >= 0.3 is 5.97 Å². The zero-order valence-electron chi connectivity index (χ0n) is 14.6. The number of hydrogen-bond acceptors (Lipinski definition) is 8. The highest BCUT2D eigenvalue weighted by Gasteiger charge is 2.25. The van der Waals surface area contributed by atoms with Crippen molar-refractivity contribution in [1.82, 2.24) is 19.9 Å². The topological polar surface area (TPSA) is 142 Å². The Morgan fingerprint density at radius 3 is 2.71 bits per heavy atom. The van der Waals surface area contributed by atoms with Crippen LogP contribution in [-0.4, -0.2) is 51.5 Å². The lowest BCUT2D eigenvalue weighted by Crippen LogP contribution is -2.32. The first kappa shape index (κ1) is 19.1. The van der Waals surface area contributed by atoms with Gasteiger partial charge in [0.2, 0.25) is 0 Å². The summed E-state index contributed by atoms with van der Waals surface area (Å²) in [4.78, 5) is 27.9. The largest absolute Gasteiger partial charge is 0.505 e. The van der Waals surface area contributed by atoms with Gasteiger partial charge in [0.15, 0.2) is 17.1 Å². The first-order valence-electron chi connectivity index (χ1n) is 7.93. The van der Waals surface area contributed by atoms with E-state index >= 15 is 0 Å². The Bertz CT molecular complexity index is 1060. The number of methoxy groups -OCH3 is 1. The van der Waals surface area contributed by atoms with Crippen LogP contribution in [0.4, 0.5) is 11.4 Å². The molecular formula is C17H15ClN6O4. The summed E-state index contributed by atoms with van der Waals surface area (Å²) in [5.74, 6) is -1.93. The number of ether oxygens (including phenoxy) is 1. The molecule has 2 aromatic heterocycles. The molecule has 0 saturated heterocycles. The summed E-state index contributed by atoms with van der Waals surface area (Å²) in [6.07, 6.45) is 2.09. The number of benzene rings is 1. The standard InChI is InChI=1S/C17H15ClN6O4/c1-28-12(25)7-20-17(27)14-15(26)11(6-19)13(16-21-8-22-24(14)16)23-10-4-2-9(18)3-5-10/h2-6,8,19,23,26H,7H2,1H3,(H,20,27). The lowest BCUT2D eigenvalue weighted by molar-refractivity contribution is -0.139. The molecule has 28 heavy (non-hydrogen) atoms. The second-order valence-corrected chi connectivity index (χ2v) is 5.95. The van der Waals surface area contributed by atoms with E-state index < -0.39 is 24.2 Å². The number of carbonyl (C=O) groups is 2. The van der Waals surface area contributed by atoms with Gasteiger partial charge in [0.1, 0.15) is 12.9 Å². The summed E-state index contributed by atoms with van der Waals surface area (Å²) >= 11 is 5.89. The predicted octanol–water partition coefficient (Wildman–Crippen LogP) is 1.73. The number of amides is 1. The van der Waals surface area contributed by atoms with Crippen LogP contribution in [0.2, 0.25) is 5.02 Å². The van der Waals surface area contributed by atoms with Crippen molar-refractivity contribution in [3.8, 4) is 5.75 Å². The van der Waals surface area contributed by atoms with Crippen molar-refractivity contribution in [2.75, 3.05) is 19.0 Å². The Balaban J connectivity index is 2.08. The minimum absolute atomic E-state index is 0.0265. The lowest BCUT2D eigenvalue weighted by Gasteiger charge is -2.15. The first-order valence-corrected chi connectivity index (χ1v) is 8.30. The fourth-order valence-corrected chi connectivity index (χ4v) is 2.62. The summed E-state index contributed by atoms with van der Waals surface area (Å²) in [6, 6.07) is 6.75. The maximum atomic E-state index is 12.5. The number of nitrogens with one attached hydrogen (secondary N) is 3. The number of halogens is 1. The maximum absolute atomic E-state index is 12.5. The third-order valence-corrected chi connectivity index (χ3v) is 4.08. The molecule has 0 fully saturated rings. The van der Waals surface area contributed by atoms with Crippen molar-refractivity contribution in [2.45, 2.75) is 0 Å². The molecule has 11 heteroatoms. The van der Waals surface area contributed by atoms with Crippen molar-refractivity contribution in [3.63, 3.8) is 0 Å². The number of fused-ring (bicyclic) bond motifs is 1. The SMILES string of the molecule is COC(=O)CNC(=O)c1c(O)c(C=N)c(Nc2ccc(Cl)cc2)c2ncnn12. The Morgan fingerprint density at radius 1 is 1.36 bits per heavy atom. The Kier molecular flexibility index (Phi) is 5.41. The van der Waals surface area contributed by atoms with Gasteiger partial charge in [0.05, 0.1) is 18.4 Å². The van der Waals surface area contributed by atoms with Crippen molar-refractivity contribution in [2.24, 2.45) is 0 Å². The van der Waals surface area contributed by atoms with Gasteiger partial charge in [0, 0.05) is 16.9 Å². The zero-order chi connectivity index (χ0) is 20.3. The van der Waals surface area contributed by atoms with Crippen LogP contribution >= 0.6 is 11.6 Å². The molecule has 0 radical (unpaired) electrons. The highest BCUT2D eigenvalue weighted by molar-refractivity contribution is 6.30. The van der Waals surface area contributed by atoms with Crippen LogP contribution in [0.5, 0.6) is 5.75 Å². The normalized spacial score (nSPS) is 10.5. The molecule has 2 heterocycles. The molecule has 0 spiro atoms. The van der Waals surface area contributed by atoms with E-state index in [1.54, 1.807) is 24.3 Å². The minimum atomic E-state index is -0.778. The number of pyridine rings is 1. The first-order chi connectivity index (χ1) is 13.5. The number of esters is 1.